The Morgan fingerprint density at radius 3 is 2.97 bits per heavy atom. The first-order valence-corrected chi connectivity index (χ1v) is 10.8. The fourth-order valence-electron chi connectivity index (χ4n) is 5.60. The number of carbonyl (C=O) groups excluding carboxylic acids is 1. The van der Waals surface area contributed by atoms with Crippen LogP contribution in [0.5, 0.6) is 0 Å². The smallest absolute Gasteiger partial charge is 0.333 e. The van der Waals surface area contributed by atoms with Crippen molar-refractivity contribution in [1.82, 2.24) is 9.88 Å². The van der Waals surface area contributed by atoms with Gasteiger partial charge in [-0.3, -0.25) is 4.90 Å². The number of carbonyl (C=O) groups is 1. The van der Waals surface area contributed by atoms with Crippen molar-refractivity contribution in [2.24, 2.45) is 11.8 Å². The third-order valence-corrected chi connectivity index (χ3v) is 7.15. The Bertz CT molecular complexity index is 1100. The molecule has 156 valence electrons. The van der Waals surface area contributed by atoms with E-state index in [1.165, 1.54) is 34.8 Å². The van der Waals surface area contributed by atoms with Crippen LogP contribution in [0.2, 0.25) is 0 Å². The van der Waals surface area contributed by atoms with Gasteiger partial charge in [-0.15, -0.1) is 0 Å². The van der Waals surface area contributed by atoms with Crippen LogP contribution >= 0.6 is 0 Å². The summed E-state index contributed by atoms with van der Waals surface area (Å²) in [6, 6.07) is 8.72. The number of benzene rings is 1. The highest BCUT2D eigenvalue weighted by molar-refractivity contribution is 5.98. The van der Waals surface area contributed by atoms with Gasteiger partial charge in [0, 0.05) is 40.8 Å². The van der Waals surface area contributed by atoms with E-state index in [9.17, 15) is 4.79 Å². The average molecular weight is 405 g/mol. The summed E-state index contributed by atoms with van der Waals surface area (Å²) >= 11 is 0. The molecule has 3 atom stereocenters. The fraction of sp³-hybridized carbons (Fsp3) is 0.400. The number of rotatable bonds is 4. The van der Waals surface area contributed by atoms with Crippen LogP contribution in [0.4, 0.5) is 0 Å². The van der Waals surface area contributed by atoms with Crippen molar-refractivity contribution in [3.8, 4) is 11.1 Å². The lowest BCUT2D eigenvalue weighted by molar-refractivity contribution is -0.137. The highest BCUT2D eigenvalue weighted by Crippen LogP contribution is 2.46. The van der Waals surface area contributed by atoms with E-state index < -0.39 is 0 Å². The zero-order chi connectivity index (χ0) is 20.8. The molecule has 0 saturated carbocycles. The first-order chi connectivity index (χ1) is 14.6. The first-order valence-electron chi connectivity index (χ1n) is 10.8. The standard InChI is InChI=1S/C25H28N2O3/c1-4-16-13-27-10-8-19-23-18(17-9-11-30-14-17)6-5-7-21(23)26-24(19)22(27)12-20(16)15(2)25(28)29-3/h5-7,9,11,14,16,20,22,26H,2,4,8,10,12-13H2,1,3H3/t16-,20-,22+/m1/s1. The minimum absolute atomic E-state index is 0.148. The Balaban J connectivity index is 1.57. The number of nitrogens with one attached hydrogen (secondary N) is 1. The molecule has 1 fully saturated rings. The zero-order valence-corrected chi connectivity index (χ0v) is 17.6. The zero-order valence-electron chi connectivity index (χ0n) is 17.6. The number of hydrogen-bond acceptors (Lipinski definition) is 4. The minimum atomic E-state index is -0.276. The summed E-state index contributed by atoms with van der Waals surface area (Å²) in [7, 11) is 1.44. The van der Waals surface area contributed by atoms with Crippen molar-refractivity contribution in [2.75, 3.05) is 20.2 Å². The molecule has 5 heteroatoms. The van der Waals surface area contributed by atoms with E-state index in [0.29, 0.717) is 11.5 Å². The summed E-state index contributed by atoms with van der Waals surface area (Å²) in [5.41, 5.74) is 6.80. The number of fused-ring (bicyclic) bond motifs is 5. The van der Waals surface area contributed by atoms with Crippen LogP contribution < -0.4 is 0 Å². The number of furan rings is 1. The highest BCUT2D eigenvalue weighted by atomic mass is 16.5. The molecule has 2 aromatic heterocycles. The third kappa shape index (κ3) is 2.91. The topological polar surface area (TPSA) is 58.5 Å². The van der Waals surface area contributed by atoms with E-state index in [0.717, 1.165) is 37.9 Å². The van der Waals surface area contributed by atoms with E-state index in [1.54, 1.807) is 6.26 Å². The van der Waals surface area contributed by atoms with Crippen LogP contribution in [0, 0.1) is 11.8 Å². The molecule has 2 aliphatic rings. The largest absolute Gasteiger partial charge is 0.472 e. The maximum Gasteiger partial charge on any atom is 0.333 e. The molecule has 4 heterocycles. The molecule has 0 spiro atoms. The summed E-state index contributed by atoms with van der Waals surface area (Å²) in [4.78, 5) is 18.6. The van der Waals surface area contributed by atoms with Crippen LogP contribution in [0.3, 0.4) is 0 Å². The van der Waals surface area contributed by atoms with Gasteiger partial charge in [0.15, 0.2) is 0 Å². The molecule has 0 unspecified atom stereocenters. The fourth-order valence-corrected chi connectivity index (χ4v) is 5.60. The molecule has 0 bridgehead atoms. The summed E-state index contributed by atoms with van der Waals surface area (Å²) in [6.07, 6.45) is 6.50. The van der Waals surface area contributed by atoms with E-state index in [4.69, 9.17) is 9.15 Å². The normalized spacial score (nSPS) is 23.7. The van der Waals surface area contributed by atoms with E-state index in [-0.39, 0.29) is 17.9 Å². The number of aromatic amines is 1. The molecule has 2 aliphatic heterocycles. The van der Waals surface area contributed by atoms with Crippen molar-refractivity contribution in [3.05, 3.63) is 60.2 Å². The van der Waals surface area contributed by atoms with Gasteiger partial charge < -0.3 is 14.1 Å². The second kappa shape index (κ2) is 7.47. The summed E-state index contributed by atoms with van der Waals surface area (Å²) < 4.78 is 10.3. The molecular weight excluding hydrogens is 376 g/mol. The molecular formula is C25H28N2O3. The van der Waals surface area contributed by atoms with Crippen molar-refractivity contribution in [1.29, 1.82) is 0 Å². The Morgan fingerprint density at radius 1 is 1.37 bits per heavy atom. The number of ether oxygens (including phenoxy) is 1. The number of aromatic nitrogens is 1. The van der Waals surface area contributed by atoms with Crippen LogP contribution in [0.1, 0.15) is 37.1 Å². The molecule has 1 aromatic carbocycles. The van der Waals surface area contributed by atoms with Crippen molar-refractivity contribution < 1.29 is 13.9 Å². The monoisotopic (exact) mass is 404 g/mol. The average Bonchev–Trinajstić information content (AvgIpc) is 3.44. The van der Waals surface area contributed by atoms with Gasteiger partial charge in [0.25, 0.3) is 0 Å². The Kier molecular flexibility index (Phi) is 4.78. The van der Waals surface area contributed by atoms with E-state index in [2.05, 4.69) is 41.6 Å². The van der Waals surface area contributed by atoms with Gasteiger partial charge in [0.05, 0.1) is 25.7 Å². The van der Waals surface area contributed by atoms with Gasteiger partial charge in [-0.05, 0) is 47.9 Å². The number of esters is 1. The van der Waals surface area contributed by atoms with Crippen LogP contribution in [-0.4, -0.2) is 36.1 Å². The summed E-state index contributed by atoms with van der Waals surface area (Å²) in [5.74, 6) is 0.302. The SMILES string of the molecule is C=C(C(=O)OC)[C@H]1C[C@H]2c3[nH]c4cccc(-c5ccoc5)c4c3CCN2C[C@H]1CC. The van der Waals surface area contributed by atoms with Gasteiger partial charge in [-0.1, -0.05) is 32.1 Å². The predicted octanol–water partition coefficient (Wildman–Crippen LogP) is 5.10. The maximum absolute atomic E-state index is 12.2. The number of nitrogens with zero attached hydrogens (tertiary/aromatic N) is 1. The van der Waals surface area contributed by atoms with Crippen molar-refractivity contribution in [2.45, 2.75) is 32.2 Å². The molecule has 1 N–H and O–H groups in total. The molecule has 5 nitrogen and oxygen atoms in total. The highest BCUT2D eigenvalue weighted by Gasteiger charge is 2.41. The Hall–Kier alpha value is -2.79. The quantitative estimate of drug-likeness (QED) is 0.485. The van der Waals surface area contributed by atoms with Crippen LogP contribution in [0.25, 0.3) is 22.0 Å². The number of methoxy groups -OCH3 is 1. The number of piperidine rings is 1. The Morgan fingerprint density at radius 2 is 2.23 bits per heavy atom. The van der Waals surface area contributed by atoms with Gasteiger partial charge in [0.1, 0.15) is 0 Å². The first kappa shape index (κ1) is 19.2. The minimum Gasteiger partial charge on any atom is -0.472 e. The summed E-state index contributed by atoms with van der Waals surface area (Å²) in [5, 5.41) is 1.30. The molecule has 30 heavy (non-hydrogen) atoms. The lowest BCUT2D eigenvalue weighted by Crippen LogP contribution is -2.46. The van der Waals surface area contributed by atoms with Crippen LogP contribution in [-0.2, 0) is 16.0 Å². The second-order valence-corrected chi connectivity index (χ2v) is 8.55. The molecule has 3 aromatic rings. The lowest BCUT2D eigenvalue weighted by Gasteiger charge is -2.46. The number of H-pyrrole nitrogens is 1. The second-order valence-electron chi connectivity index (χ2n) is 8.55. The number of hydrogen-bond donors (Lipinski definition) is 1. The van der Waals surface area contributed by atoms with Gasteiger partial charge in [0.2, 0.25) is 0 Å². The molecule has 1 saturated heterocycles. The van der Waals surface area contributed by atoms with Gasteiger partial charge in [-0.25, -0.2) is 4.79 Å². The maximum atomic E-state index is 12.2. The third-order valence-electron chi connectivity index (χ3n) is 7.15. The van der Waals surface area contributed by atoms with Gasteiger partial charge in [-0.2, -0.15) is 0 Å². The lowest BCUT2D eigenvalue weighted by atomic mass is 9.74. The van der Waals surface area contributed by atoms with E-state index in [1.807, 2.05) is 12.3 Å². The molecule has 0 amide bonds. The molecule has 5 rings (SSSR count). The van der Waals surface area contributed by atoms with Crippen molar-refractivity contribution >= 4 is 16.9 Å². The molecule has 0 aliphatic carbocycles. The van der Waals surface area contributed by atoms with Crippen LogP contribution in [0.15, 0.2) is 53.4 Å². The summed E-state index contributed by atoms with van der Waals surface area (Å²) in [6.45, 7) is 8.36. The van der Waals surface area contributed by atoms with Gasteiger partial charge >= 0.3 is 5.97 Å². The predicted molar refractivity (Wildman–Crippen MR) is 117 cm³/mol. The van der Waals surface area contributed by atoms with Crippen molar-refractivity contribution in [3.63, 3.8) is 0 Å². The van der Waals surface area contributed by atoms with E-state index >= 15 is 0 Å². The Labute approximate surface area is 176 Å². The molecule has 0 radical (unpaired) electrons.